The Morgan fingerprint density at radius 3 is 2.30 bits per heavy atom. The van der Waals surface area contributed by atoms with E-state index in [0.29, 0.717) is 57.8 Å². The third-order valence-corrected chi connectivity index (χ3v) is 9.47. The summed E-state index contributed by atoms with van der Waals surface area (Å²) >= 11 is 6.47. The second-order valence-electron chi connectivity index (χ2n) is 11.3. The van der Waals surface area contributed by atoms with E-state index in [1.165, 1.54) is 32.3 Å². The second kappa shape index (κ2) is 11.5. The molecule has 3 aromatic carbocycles. The average molecular weight is 681 g/mol. The van der Waals surface area contributed by atoms with Crippen LogP contribution in [0.25, 0.3) is 21.8 Å². The quantitative estimate of drug-likeness (QED) is 0.125. The maximum Gasteiger partial charge on any atom is 0.524 e. The van der Waals surface area contributed by atoms with E-state index in [4.69, 9.17) is 30.3 Å². The molecule has 2 amide bonds. The Balaban J connectivity index is 1.35. The molecule has 13 nitrogen and oxygen atoms in total. The average Bonchev–Trinajstić information content (AvgIpc) is 3.85. The maximum absolute atomic E-state index is 14.2. The second-order valence-corrected chi connectivity index (χ2v) is 12.7. The lowest BCUT2D eigenvalue weighted by molar-refractivity contribution is 0.0977. The molecule has 0 spiro atoms. The molecule has 7 rings (SSSR count). The van der Waals surface area contributed by atoms with Crippen molar-refractivity contribution in [2.45, 2.75) is 12.3 Å². The van der Waals surface area contributed by atoms with Crippen LogP contribution >= 0.6 is 19.4 Å². The molecule has 0 fully saturated rings. The van der Waals surface area contributed by atoms with E-state index in [1.54, 1.807) is 23.1 Å². The number of carbonyl (C=O) groups is 2. The number of anilines is 2. The fourth-order valence-electron chi connectivity index (χ4n) is 6.67. The van der Waals surface area contributed by atoms with Gasteiger partial charge in [-0.1, -0.05) is 18.2 Å². The summed E-state index contributed by atoms with van der Waals surface area (Å²) in [6, 6.07) is 14.0. The molecule has 2 aliphatic heterocycles. The molecule has 4 N–H and O–H groups in total. The van der Waals surface area contributed by atoms with Crippen LogP contribution in [0.2, 0.25) is 0 Å². The zero-order valence-electron chi connectivity index (χ0n) is 25.5. The normalized spacial score (nSPS) is 15.7. The molecule has 5 aromatic rings. The lowest BCUT2D eigenvalue weighted by Gasteiger charge is -2.18. The number of rotatable bonds is 8. The highest BCUT2D eigenvalue weighted by molar-refractivity contribution is 7.46. The minimum absolute atomic E-state index is 0.132. The third-order valence-electron chi connectivity index (χ3n) is 8.66. The summed E-state index contributed by atoms with van der Waals surface area (Å²) in [4.78, 5) is 56.9. The van der Waals surface area contributed by atoms with Crippen LogP contribution in [0, 0.1) is 0 Å². The number of carbonyl (C=O) groups excluding carboxylic acids is 2. The number of aromatic amines is 2. The van der Waals surface area contributed by atoms with E-state index in [2.05, 4.69) is 9.97 Å². The first kappa shape index (κ1) is 30.9. The number of alkyl halides is 1. The van der Waals surface area contributed by atoms with Crippen LogP contribution in [0.4, 0.5) is 11.4 Å². The Morgan fingerprint density at radius 2 is 1.60 bits per heavy atom. The van der Waals surface area contributed by atoms with Crippen molar-refractivity contribution in [1.82, 2.24) is 9.97 Å². The van der Waals surface area contributed by atoms with Crippen molar-refractivity contribution in [3.05, 3.63) is 71.0 Å². The highest BCUT2D eigenvalue weighted by Crippen LogP contribution is 2.50. The molecule has 0 aliphatic carbocycles. The number of hydrogen-bond donors (Lipinski definition) is 4. The Kier molecular flexibility index (Phi) is 7.59. The van der Waals surface area contributed by atoms with E-state index in [0.717, 1.165) is 11.3 Å². The minimum atomic E-state index is -5.05. The van der Waals surface area contributed by atoms with Crippen molar-refractivity contribution in [3.63, 3.8) is 0 Å². The summed E-state index contributed by atoms with van der Waals surface area (Å²) in [5.41, 5.74) is 3.98. The summed E-state index contributed by atoms with van der Waals surface area (Å²) in [6.07, 6.45) is 0.703. The molecule has 244 valence electrons. The number of methoxy groups -OCH3 is 3. The summed E-state index contributed by atoms with van der Waals surface area (Å²) in [5.74, 6) is -0.0699. The van der Waals surface area contributed by atoms with E-state index in [1.807, 2.05) is 24.3 Å². The van der Waals surface area contributed by atoms with Crippen molar-refractivity contribution in [2.75, 3.05) is 50.1 Å². The van der Waals surface area contributed by atoms with Crippen LogP contribution in [0.3, 0.4) is 0 Å². The fourth-order valence-corrected chi connectivity index (χ4v) is 7.32. The number of nitrogens with zero attached hydrogens (tertiary/aromatic N) is 2. The number of phosphoric ester groups is 1. The van der Waals surface area contributed by atoms with Gasteiger partial charge in [-0.3, -0.25) is 19.4 Å². The highest BCUT2D eigenvalue weighted by atomic mass is 35.5. The molecule has 0 unspecified atom stereocenters. The Bertz CT molecular complexity index is 2140. The molecule has 2 aliphatic rings. The molecule has 1 atom stereocenters. The Hall–Kier alpha value is -4.68. The van der Waals surface area contributed by atoms with Gasteiger partial charge in [0.2, 0.25) is 5.75 Å². The predicted molar refractivity (Wildman–Crippen MR) is 176 cm³/mol. The van der Waals surface area contributed by atoms with E-state index in [9.17, 15) is 23.9 Å². The van der Waals surface area contributed by atoms with Crippen LogP contribution in [-0.2, 0) is 11.0 Å². The number of H-pyrrole nitrogens is 2. The molecule has 0 radical (unpaired) electrons. The number of fused-ring (bicyclic) bond motifs is 5. The monoisotopic (exact) mass is 680 g/mol. The molecule has 15 heteroatoms. The first-order valence-corrected chi connectivity index (χ1v) is 16.7. The standard InChI is InChI=1S/C32H30ClN4O9P/c1-43-25-11-17-10-20(34-27(17)30(45-3)29(25)44-2)32(39)37-15-18(14-33)26-19-12-21(31(38)36-9-8-16-6-4-5-7-22(16)36)35-28(19)24(13-23(26)37)46-47(40,41)42/h4-7,10-13,18,34-35H,8-9,14-15H2,1-3H3,(H2,40,41,42)/t18-/m1/s1. The SMILES string of the molecule is COc1cc2cc(C(=O)N3C[C@@H](CCl)c4c3cc(OP(=O)(O)O)c3[nH]c(C(=O)N5CCc6ccccc65)cc43)[nH]c2c(OC)c1OC. The zero-order valence-corrected chi connectivity index (χ0v) is 27.1. The number of phosphoric acid groups is 1. The van der Waals surface area contributed by atoms with Gasteiger partial charge in [0.25, 0.3) is 11.8 Å². The van der Waals surface area contributed by atoms with Crippen molar-refractivity contribution in [1.29, 1.82) is 0 Å². The zero-order chi connectivity index (χ0) is 33.2. The fraction of sp³-hybridized carbons (Fsp3) is 0.250. The van der Waals surface area contributed by atoms with Gasteiger partial charge in [0, 0.05) is 47.4 Å². The van der Waals surface area contributed by atoms with Gasteiger partial charge in [-0.05, 0) is 41.8 Å². The molecule has 4 heterocycles. The van der Waals surface area contributed by atoms with Gasteiger partial charge < -0.3 is 38.5 Å². The van der Waals surface area contributed by atoms with E-state index >= 15 is 0 Å². The number of ether oxygens (including phenoxy) is 3. The van der Waals surface area contributed by atoms with Gasteiger partial charge in [0.15, 0.2) is 17.2 Å². The first-order valence-electron chi connectivity index (χ1n) is 14.6. The number of nitrogens with one attached hydrogen (secondary N) is 2. The number of aromatic nitrogens is 2. The Morgan fingerprint density at radius 1 is 0.894 bits per heavy atom. The topological polar surface area (TPSA) is 167 Å². The highest BCUT2D eigenvalue weighted by Gasteiger charge is 2.38. The van der Waals surface area contributed by atoms with Gasteiger partial charge in [-0.15, -0.1) is 11.6 Å². The van der Waals surface area contributed by atoms with Gasteiger partial charge in [0.1, 0.15) is 11.4 Å². The van der Waals surface area contributed by atoms with Crippen LogP contribution in [0.1, 0.15) is 38.0 Å². The summed E-state index contributed by atoms with van der Waals surface area (Å²) in [6.45, 7) is 0.649. The molecule has 0 saturated carbocycles. The summed E-state index contributed by atoms with van der Waals surface area (Å²) in [5, 5.41) is 1.10. The lowest BCUT2D eigenvalue weighted by Crippen LogP contribution is -2.30. The van der Waals surface area contributed by atoms with E-state index in [-0.39, 0.29) is 46.9 Å². The number of benzene rings is 3. The molecule has 0 bridgehead atoms. The molecule has 0 saturated heterocycles. The molecular formula is C32H30ClN4O9P. The number of amides is 2. The van der Waals surface area contributed by atoms with Crippen LogP contribution < -0.4 is 28.5 Å². The summed E-state index contributed by atoms with van der Waals surface area (Å²) in [7, 11) is -0.593. The molecule has 47 heavy (non-hydrogen) atoms. The van der Waals surface area contributed by atoms with Crippen molar-refractivity contribution < 1.29 is 42.7 Å². The van der Waals surface area contributed by atoms with Crippen LogP contribution in [0.15, 0.2) is 48.5 Å². The largest absolute Gasteiger partial charge is 0.524 e. The lowest BCUT2D eigenvalue weighted by atomic mass is 9.98. The Labute approximate surface area is 273 Å². The van der Waals surface area contributed by atoms with Crippen molar-refractivity contribution in [3.8, 4) is 23.0 Å². The number of para-hydroxylation sites is 1. The number of halogens is 1. The first-order chi connectivity index (χ1) is 22.6. The van der Waals surface area contributed by atoms with Crippen LogP contribution in [-0.4, -0.2) is 71.9 Å². The van der Waals surface area contributed by atoms with Gasteiger partial charge in [0.05, 0.1) is 38.1 Å². The maximum atomic E-state index is 14.2. The van der Waals surface area contributed by atoms with Gasteiger partial charge in [-0.2, -0.15) is 0 Å². The number of hydrogen-bond acceptors (Lipinski definition) is 7. The smallest absolute Gasteiger partial charge is 0.493 e. The van der Waals surface area contributed by atoms with Gasteiger partial charge >= 0.3 is 7.82 Å². The van der Waals surface area contributed by atoms with E-state index < -0.39 is 13.7 Å². The minimum Gasteiger partial charge on any atom is -0.493 e. The van der Waals surface area contributed by atoms with Crippen molar-refractivity contribution >= 4 is 64.4 Å². The predicted octanol–water partition coefficient (Wildman–Crippen LogP) is 5.33. The molecular weight excluding hydrogens is 651 g/mol. The van der Waals surface area contributed by atoms with Crippen molar-refractivity contribution in [2.24, 2.45) is 0 Å². The summed E-state index contributed by atoms with van der Waals surface area (Å²) < 4.78 is 33.8. The van der Waals surface area contributed by atoms with Gasteiger partial charge in [-0.25, -0.2) is 4.57 Å². The van der Waals surface area contributed by atoms with Crippen LogP contribution in [0.5, 0.6) is 23.0 Å². The third kappa shape index (κ3) is 5.06. The molecule has 2 aromatic heterocycles.